The lowest BCUT2D eigenvalue weighted by atomic mass is 9.94. The van der Waals surface area contributed by atoms with Crippen molar-refractivity contribution in [3.05, 3.63) is 35.1 Å². The number of rotatable bonds is 1. The standard InChI is InChI=1S/C11H14FN/c1-7-5-9-8(10(7)6-13)3-2-4-11(9)12/h2-4,7,10H,5-6,13H2,1H3. The van der Waals surface area contributed by atoms with Gasteiger partial charge in [0.15, 0.2) is 0 Å². The largest absolute Gasteiger partial charge is 0.330 e. The third-order valence-corrected chi connectivity index (χ3v) is 3.02. The summed E-state index contributed by atoms with van der Waals surface area (Å²) < 4.78 is 13.3. The highest BCUT2D eigenvalue weighted by Crippen LogP contribution is 2.37. The van der Waals surface area contributed by atoms with E-state index in [2.05, 4.69) is 6.92 Å². The summed E-state index contributed by atoms with van der Waals surface area (Å²) in [7, 11) is 0. The highest BCUT2D eigenvalue weighted by atomic mass is 19.1. The molecule has 0 bridgehead atoms. The summed E-state index contributed by atoms with van der Waals surface area (Å²) in [6, 6.07) is 5.30. The first-order valence-corrected chi connectivity index (χ1v) is 4.71. The molecule has 0 aromatic heterocycles. The Morgan fingerprint density at radius 2 is 2.31 bits per heavy atom. The van der Waals surface area contributed by atoms with Crippen molar-refractivity contribution in [2.24, 2.45) is 11.7 Å². The Labute approximate surface area is 77.8 Å². The third-order valence-electron chi connectivity index (χ3n) is 3.02. The van der Waals surface area contributed by atoms with Crippen molar-refractivity contribution >= 4 is 0 Å². The first-order chi connectivity index (χ1) is 6.24. The third kappa shape index (κ3) is 1.25. The Bertz CT molecular complexity index is 322. The first-order valence-electron chi connectivity index (χ1n) is 4.71. The molecule has 0 heterocycles. The van der Waals surface area contributed by atoms with E-state index in [0.717, 1.165) is 17.5 Å². The van der Waals surface area contributed by atoms with E-state index < -0.39 is 0 Å². The van der Waals surface area contributed by atoms with Crippen LogP contribution >= 0.6 is 0 Å². The minimum absolute atomic E-state index is 0.0692. The van der Waals surface area contributed by atoms with Crippen molar-refractivity contribution in [1.29, 1.82) is 0 Å². The maximum absolute atomic E-state index is 13.3. The predicted molar refractivity (Wildman–Crippen MR) is 51.1 cm³/mol. The number of fused-ring (bicyclic) bond motifs is 1. The monoisotopic (exact) mass is 179 g/mol. The maximum Gasteiger partial charge on any atom is 0.126 e. The van der Waals surface area contributed by atoms with Gasteiger partial charge in [-0.3, -0.25) is 0 Å². The second-order valence-electron chi connectivity index (χ2n) is 3.83. The topological polar surface area (TPSA) is 26.0 Å². The summed E-state index contributed by atoms with van der Waals surface area (Å²) in [5.74, 6) is 0.767. The normalized spacial score (nSPS) is 26.1. The maximum atomic E-state index is 13.3. The summed E-state index contributed by atoms with van der Waals surface area (Å²) >= 11 is 0. The molecular formula is C11H14FN. The fourth-order valence-electron chi connectivity index (χ4n) is 2.27. The van der Waals surface area contributed by atoms with E-state index >= 15 is 0 Å². The molecule has 0 fully saturated rings. The minimum atomic E-state index is -0.0692. The van der Waals surface area contributed by atoms with Gasteiger partial charge in [-0.25, -0.2) is 4.39 Å². The van der Waals surface area contributed by atoms with Crippen molar-refractivity contribution in [2.45, 2.75) is 19.3 Å². The summed E-state index contributed by atoms with van der Waals surface area (Å²) in [5.41, 5.74) is 7.67. The molecule has 1 aliphatic carbocycles. The zero-order chi connectivity index (χ0) is 9.42. The number of hydrogen-bond acceptors (Lipinski definition) is 1. The molecule has 0 saturated carbocycles. The van der Waals surface area contributed by atoms with Crippen LogP contribution in [-0.4, -0.2) is 6.54 Å². The van der Waals surface area contributed by atoms with Gasteiger partial charge < -0.3 is 5.73 Å². The van der Waals surface area contributed by atoms with Gasteiger partial charge in [0.05, 0.1) is 0 Å². The Morgan fingerprint density at radius 1 is 1.54 bits per heavy atom. The zero-order valence-electron chi connectivity index (χ0n) is 7.76. The van der Waals surface area contributed by atoms with E-state index in [0.29, 0.717) is 18.4 Å². The van der Waals surface area contributed by atoms with Crippen LogP contribution in [-0.2, 0) is 6.42 Å². The summed E-state index contributed by atoms with van der Waals surface area (Å²) in [4.78, 5) is 0. The van der Waals surface area contributed by atoms with Gasteiger partial charge >= 0.3 is 0 Å². The van der Waals surface area contributed by atoms with E-state index in [1.807, 2.05) is 6.07 Å². The molecule has 0 amide bonds. The molecule has 0 aliphatic heterocycles. The van der Waals surface area contributed by atoms with Crippen LogP contribution in [0.3, 0.4) is 0 Å². The summed E-state index contributed by atoms with van der Waals surface area (Å²) in [6.07, 6.45) is 0.837. The molecule has 2 heteroatoms. The highest BCUT2D eigenvalue weighted by molar-refractivity contribution is 5.37. The van der Waals surface area contributed by atoms with Gasteiger partial charge in [0.1, 0.15) is 5.82 Å². The van der Waals surface area contributed by atoms with E-state index in [9.17, 15) is 4.39 Å². The average Bonchev–Trinajstić information content (AvgIpc) is 2.43. The predicted octanol–water partition coefficient (Wildman–Crippen LogP) is 2.06. The number of hydrogen-bond donors (Lipinski definition) is 1. The Hall–Kier alpha value is -0.890. The van der Waals surface area contributed by atoms with Crippen LogP contribution in [0.25, 0.3) is 0 Å². The molecule has 1 aliphatic rings. The Kier molecular flexibility index (Phi) is 2.08. The summed E-state index contributed by atoms with van der Waals surface area (Å²) in [5, 5.41) is 0. The average molecular weight is 179 g/mol. The molecule has 70 valence electrons. The second-order valence-corrected chi connectivity index (χ2v) is 3.83. The molecule has 13 heavy (non-hydrogen) atoms. The van der Waals surface area contributed by atoms with Crippen LogP contribution in [0, 0.1) is 11.7 Å². The molecule has 0 spiro atoms. The molecule has 0 radical (unpaired) electrons. The molecule has 0 saturated heterocycles. The molecular weight excluding hydrogens is 165 g/mol. The Morgan fingerprint density at radius 3 is 3.00 bits per heavy atom. The lowest BCUT2D eigenvalue weighted by Crippen LogP contribution is -2.15. The SMILES string of the molecule is CC1Cc2c(F)cccc2C1CN. The zero-order valence-corrected chi connectivity index (χ0v) is 7.76. The van der Waals surface area contributed by atoms with Crippen molar-refractivity contribution in [2.75, 3.05) is 6.54 Å². The van der Waals surface area contributed by atoms with Crippen LogP contribution in [0.1, 0.15) is 24.0 Å². The van der Waals surface area contributed by atoms with Crippen molar-refractivity contribution in [3.63, 3.8) is 0 Å². The van der Waals surface area contributed by atoms with Crippen LogP contribution in [0.2, 0.25) is 0 Å². The van der Waals surface area contributed by atoms with Crippen LogP contribution < -0.4 is 5.73 Å². The molecule has 2 N–H and O–H groups in total. The lowest BCUT2D eigenvalue weighted by molar-refractivity contribution is 0.502. The highest BCUT2D eigenvalue weighted by Gasteiger charge is 2.29. The van der Waals surface area contributed by atoms with Gasteiger partial charge in [-0.05, 0) is 42.0 Å². The van der Waals surface area contributed by atoms with Crippen molar-refractivity contribution < 1.29 is 4.39 Å². The van der Waals surface area contributed by atoms with Crippen molar-refractivity contribution in [3.8, 4) is 0 Å². The van der Waals surface area contributed by atoms with Gasteiger partial charge in [-0.2, -0.15) is 0 Å². The van der Waals surface area contributed by atoms with Crippen LogP contribution in [0.15, 0.2) is 18.2 Å². The van der Waals surface area contributed by atoms with E-state index in [4.69, 9.17) is 5.73 Å². The smallest absolute Gasteiger partial charge is 0.126 e. The van der Waals surface area contributed by atoms with Gasteiger partial charge in [-0.1, -0.05) is 19.1 Å². The van der Waals surface area contributed by atoms with Gasteiger partial charge in [-0.15, -0.1) is 0 Å². The molecule has 2 rings (SSSR count). The van der Waals surface area contributed by atoms with Gasteiger partial charge in [0.25, 0.3) is 0 Å². The minimum Gasteiger partial charge on any atom is -0.330 e. The molecule has 2 atom stereocenters. The van der Waals surface area contributed by atoms with E-state index in [1.165, 1.54) is 6.07 Å². The Balaban J connectivity index is 2.48. The molecule has 1 aromatic carbocycles. The number of benzene rings is 1. The number of halogens is 1. The van der Waals surface area contributed by atoms with Crippen LogP contribution in [0.5, 0.6) is 0 Å². The fourth-order valence-corrected chi connectivity index (χ4v) is 2.27. The second kappa shape index (κ2) is 3.11. The van der Waals surface area contributed by atoms with Crippen LogP contribution in [0.4, 0.5) is 4.39 Å². The van der Waals surface area contributed by atoms with Gasteiger partial charge in [0, 0.05) is 0 Å². The van der Waals surface area contributed by atoms with Gasteiger partial charge in [0.2, 0.25) is 0 Å². The van der Waals surface area contributed by atoms with E-state index in [-0.39, 0.29) is 5.82 Å². The molecule has 1 aromatic rings. The lowest BCUT2D eigenvalue weighted by Gasteiger charge is -2.13. The van der Waals surface area contributed by atoms with Crippen molar-refractivity contribution in [1.82, 2.24) is 0 Å². The first kappa shape index (κ1) is 8.70. The molecule has 1 nitrogen and oxygen atoms in total. The van der Waals surface area contributed by atoms with E-state index in [1.54, 1.807) is 6.07 Å². The summed E-state index contributed by atoms with van der Waals surface area (Å²) in [6.45, 7) is 2.76. The quantitative estimate of drug-likeness (QED) is 0.701. The fraction of sp³-hybridized carbons (Fsp3) is 0.455. The molecule has 2 unspecified atom stereocenters. The number of nitrogens with two attached hydrogens (primary N) is 1.